The first-order valence-corrected chi connectivity index (χ1v) is 8.12. The maximum Gasteiger partial charge on any atom is 0.161 e. The molecule has 1 aliphatic rings. The summed E-state index contributed by atoms with van der Waals surface area (Å²) < 4.78 is 2.21. The van der Waals surface area contributed by atoms with Crippen molar-refractivity contribution in [1.29, 1.82) is 0 Å². The number of carbonyl (C=O) groups excluding carboxylic acids is 1. The molecule has 2 heterocycles. The second-order valence-corrected chi connectivity index (χ2v) is 6.19. The van der Waals surface area contributed by atoms with Crippen molar-refractivity contribution in [2.75, 3.05) is 19.6 Å². The maximum absolute atomic E-state index is 12.3. The summed E-state index contributed by atoms with van der Waals surface area (Å²) in [6.45, 7) is 7.07. The van der Waals surface area contributed by atoms with E-state index in [1.807, 2.05) is 0 Å². The smallest absolute Gasteiger partial charge is 0.161 e. The normalized spacial score (nSPS) is 18.5. The van der Waals surface area contributed by atoms with Gasteiger partial charge in [0.05, 0.1) is 0 Å². The molecule has 2 aromatic rings. The Labute approximate surface area is 132 Å². The van der Waals surface area contributed by atoms with Gasteiger partial charge in [0.15, 0.2) is 5.78 Å². The van der Waals surface area contributed by atoms with E-state index >= 15 is 0 Å². The number of carbonyl (C=O) groups is 1. The highest BCUT2D eigenvalue weighted by Gasteiger charge is 2.21. The third kappa shape index (κ3) is 2.61. The van der Waals surface area contributed by atoms with E-state index in [0.29, 0.717) is 12.2 Å². The Morgan fingerprint density at radius 3 is 2.82 bits per heavy atom. The van der Waals surface area contributed by atoms with Crippen LogP contribution in [0, 0.1) is 6.92 Å². The number of fused-ring (bicyclic) bond motifs is 1. The van der Waals surface area contributed by atoms with Crippen LogP contribution in [0.4, 0.5) is 0 Å². The number of Topliss-reactive ketones (excluding diaryl/α,β-unsaturated/α-hetero) is 1. The summed E-state index contributed by atoms with van der Waals surface area (Å²) in [6.07, 6.45) is 3.91. The molecule has 1 aromatic heterocycles. The molecule has 0 saturated carbocycles. The molecule has 1 fully saturated rings. The fourth-order valence-corrected chi connectivity index (χ4v) is 3.37. The first-order valence-electron chi connectivity index (χ1n) is 8.12. The molecular weight excluding hydrogens is 272 g/mol. The monoisotopic (exact) mass is 296 g/mol. The van der Waals surface area contributed by atoms with Crippen LogP contribution in [0.5, 0.6) is 0 Å². The topological polar surface area (TPSA) is 25.2 Å². The number of aryl methyl sites for hydroxylation is 1. The van der Waals surface area contributed by atoms with Crippen LogP contribution in [0.15, 0.2) is 29.8 Å². The molecule has 0 atom stereocenters. The minimum Gasteiger partial charge on any atom is -0.347 e. The molecular formula is C19H24N2O. The van der Waals surface area contributed by atoms with E-state index in [2.05, 4.69) is 60.7 Å². The summed E-state index contributed by atoms with van der Waals surface area (Å²) in [5, 5.41) is 1.23. The highest BCUT2D eigenvalue weighted by molar-refractivity contribution is 6.03. The molecule has 0 unspecified atom stereocenters. The summed E-state index contributed by atoms with van der Waals surface area (Å²) in [5.74, 6) is 0.305. The second kappa shape index (κ2) is 6.09. The van der Waals surface area contributed by atoms with Crippen molar-refractivity contribution in [3.05, 3.63) is 41.1 Å². The second-order valence-electron chi connectivity index (χ2n) is 6.19. The van der Waals surface area contributed by atoms with E-state index in [-0.39, 0.29) is 0 Å². The van der Waals surface area contributed by atoms with Crippen LogP contribution in [-0.2, 0) is 11.8 Å². The Bertz CT molecular complexity index is 739. The van der Waals surface area contributed by atoms with Gasteiger partial charge < -0.3 is 4.57 Å². The Morgan fingerprint density at radius 1 is 1.27 bits per heavy atom. The Kier molecular flexibility index (Phi) is 4.16. The zero-order valence-electron chi connectivity index (χ0n) is 13.7. The van der Waals surface area contributed by atoms with E-state index in [1.165, 1.54) is 22.2 Å². The van der Waals surface area contributed by atoms with Gasteiger partial charge in [0.1, 0.15) is 0 Å². The number of benzene rings is 1. The fourth-order valence-electron chi connectivity index (χ4n) is 3.37. The van der Waals surface area contributed by atoms with Crippen LogP contribution >= 0.6 is 0 Å². The number of hydrogen-bond acceptors (Lipinski definition) is 2. The molecule has 22 heavy (non-hydrogen) atoms. The number of ketones is 1. The van der Waals surface area contributed by atoms with Gasteiger partial charge in [-0.05, 0) is 32.0 Å². The summed E-state index contributed by atoms with van der Waals surface area (Å²) >= 11 is 0. The minimum absolute atomic E-state index is 0.305. The molecule has 116 valence electrons. The van der Waals surface area contributed by atoms with Gasteiger partial charge in [-0.1, -0.05) is 25.1 Å². The molecule has 3 heteroatoms. The van der Waals surface area contributed by atoms with E-state index in [1.54, 1.807) is 0 Å². The van der Waals surface area contributed by atoms with Crippen LogP contribution in [0.25, 0.3) is 17.0 Å². The number of rotatable bonds is 3. The van der Waals surface area contributed by atoms with Crippen molar-refractivity contribution >= 4 is 22.8 Å². The van der Waals surface area contributed by atoms with Crippen molar-refractivity contribution < 1.29 is 4.79 Å². The minimum atomic E-state index is 0.305. The number of piperidine rings is 1. The molecule has 1 aliphatic heterocycles. The molecule has 0 aliphatic carbocycles. The third-order valence-electron chi connectivity index (χ3n) is 4.71. The lowest BCUT2D eigenvalue weighted by atomic mass is 9.99. The molecule has 1 saturated heterocycles. The number of likely N-dealkylation sites (tertiary alicyclic amines) is 1. The Balaban J connectivity index is 2.04. The van der Waals surface area contributed by atoms with Gasteiger partial charge in [-0.2, -0.15) is 0 Å². The van der Waals surface area contributed by atoms with E-state index in [9.17, 15) is 4.79 Å². The van der Waals surface area contributed by atoms with Gasteiger partial charge in [0.2, 0.25) is 0 Å². The summed E-state index contributed by atoms with van der Waals surface area (Å²) in [7, 11) is 2.09. The molecule has 1 aromatic carbocycles. The molecule has 0 amide bonds. The average molecular weight is 296 g/mol. The van der Waals surface area contributed by atoms with Crippen molar-refractivity contribution in [3.63, 3.8) is 0 Å². The lowest BCUT2D eigenvalue weighted by molar-refractivity contribution is -0.117. The van der Waals surface area contributed by atoms with Gasteiger partial charge in [-0.25, -0.2) is 0 Å². The predicted octanol–water partition coefficient (Wildman–Crippen LogP) is 3.55. The Hall–Kier alpha value is -1.87. The number of para-hydroxylation sites is 1. The summed E-state index contributed by atoms with van der Waals surface area (Å²) in [4.78, 5) is 14.7. The maximum atomic E-state index is 12.3. The van der Waals surface area contributed by atoms with Gasteiger partial charge in [0, 0.05) is 54.3 Å². The van der Waals surface area contributed by atoms with E-state index in [4.69, 9.17) is 0 Å². The van der Waals surface area contributed by atoms with Crippen molar-refractivity contribution in [2.45, 2.75) is 26.7 Å². The van der Waals surface area contributed by atoms with Crippen LogP contribution in [0.1, 0.15) is 31.0 Å². The average Bonchev–Trinajstić information content (AvgIpc) is 2.76. The molecule has 3 rings (SSSR count). The highest BCUT2D eigenvalue weighted by atomic mass is 16.1. The third-order valence-corrected chi connectivity index (χ3v) is 4.71. The Morgan fingerprint density at radius 2 is 2.05 bits per heavy atom. The highest BCUT2D eigenvalue weighted by Crippen LogP contribution is 2.28. The van der Waals surface area contributed by atoms with Gasteiger partial charge in [-0.3, -0.25) is 9.69 Å². The van der Waals surface area contributed by atoms with Crippen LogP contribution in [0.3, 0.4) is 0 Å². The van der Waals surface area contributed by atoms with E-state index in [0.717, 1.165) is 31.6 Å². The largest absolute Gasteiger partial charge is 0.347 e. The van der Waals surface area contributed by atoms with Crippen molar-refractivity contribution in [1.82, 2.24) is 9.47 Å². The quantitative estimate of drug-likeness (QED) is 0.809. The molecule has 0 spiro atoms. The van der Waals surface area contributed by atoms with Crippen molar-refractivity contribution in [3.8, 4) is 0 Å². The molecule has 0 radical (unpaired) electrons. The van der Waals surface area contributed by atoms with Crippen LogP contribution < -0.4 is 0 Å². The first kappa shape index (κ1) is 15.0. The van der Waals surface area contributed by atoms with Crippen LogP contribution in [-0.4, -0.2) is 34.9 Å². The lowest BCUT2D eigenvalue weighted by Crippen LogP contribution is -2.36. The van der Waals surface area contributed by atoms with Gasteiger partial charge in [0.25, 0.3) is 0 Å². The zero-order valence-corrected chi connectivity index (χ0v) is 13.7. The first-order chi connectivity index (χ1) is 10.6. The number of aromatic nitrogens is 1. The summed E-state index contributed by atoms with van der Waals surface area (Å²) in [6, 6.07) is 8.41. The van der Waals surface area contributed by atoms with Crippen LogP contribution in [0.2, 0.25) is 0 Å². The molecule has 0 bridgehead atoms. The SMILES string of the molecule is CCCN1CCC(=O)/C(=C/c2c(C)n(C)c3ccccc23)C1. The number of nitrogens with zero attached hydrogens (tertiary/aromatic N) is 2. The van der Waals surface area contributed by atoms with Gasteiger partial charge in [-0.15, -0.1) is 0 Å². The lowest BCUT2D eigenvalue weighted by Gasteiger charge is -2.27. The molecule has 3 nitrogen and oxygen atoms in total. The van der Waals surface area contributed by atoms with Crippen molar-refractivity contribution in [2.24, 2.45) is 7.05 Å². The standard InChI is InChI=1S/C19H24N2O/c1-4-10-21-11-9-19(22)15(13-21)12-17-14(2)20(3)18-8-6-5-7-16(17)18/h5-8,12H,4,9-11,13H2,1-3H3/b15-12+. The predicted molar refractivity (Wildman–Crippen MR) is 92.0 cm³/mol. The van der Waals surface area contributed by atoms with Gasteiger partial charge >= 0.3 is 0 Å². The number of hydrogen-bond donors (Lipinski definition) is 0. The molecule has 0 N–H and O–H groups in total. The summed E-state index contributed by atoms with van der Waals surface area (Å²) in [5.41, 5.74) is 4.59. The fraction of sp³-hybridized carbons (Fsp3) is 0.421. The zero-order chi connectivity index (χ0) is 15.7. The van der Waals surface area contributed by atoms with E-state index < -0.39 is 0 Å².